The summed E-state index contributed by atoms with van der Waals surface area (Å²) in [7, 11) is 0. The highest BCUT2D eigenvalue weighted by Gasteiger charge is 2.43. The Kier molecular flexibility index (Phi) is 4.48. The van der Waals surface area contributed by atoms with Gasteiger partial charge in [0.15, 0.2) is 0 Å². The second kappa shape index (κ2) is 6.13. The predicted octanol–water partition coefficient (Wildman–Crippen LogP) is 3.56. The Morgan fingerprint density at radius 3 is 2.26 bits per heavy atom. The molecule has 3 aliphatic rings. The average molecular weight is 264 g/mol. The zero-order valence-corrected chi connectivity index (χ0v) is 12.9. The zero-order valence-electron chi connectivity index (χ0n) is 12.9. The minimum atomic E-state index is 0.809. The largest absolute Gasteiger partial charge is 0.314 e. The van der Waals surface area contributed by atoms with Crippen LogP contribution in [-0.4, -0.2) is 35.6 Å². The number of fused-ring (bicyclic) bond motifs is 2. The summed E-state index contributed by atoms with van der Waals surface area (Å²) in [6.45, 7) is 5.85. The topological polar surface area (TPSA) is 15.3 Å². The lowest BCUT2D eigenvalue weighted by molar-refractivity contribution is 0.0621. The average Bonchev–Trinajstić information content (AvgIpc) is 2.57. The van der Waals surface area contributed by atoms with E-state index in [-0.39, 0.29) is 0 Å². The third-order valence-electron chi connectivity index (χ3n) is 5.93. The summed E-state index contributed by atoms with van der Waals surface area (Å²) in [6, 6.07) is 3.54. The second-order valence-electron chi connectivity index (χ2n) is 7.33. The summed E-state index contributed by atoms with van der Waals surface area (Å²) in [4.78, 5) is 2.98. The van der Waals surface area contributed by atoms with Crippen molar-refractivity contribution in [2.45, 2.75) is 95.8 Å². The first-order valence-corrected chi connectivity index (χ1v) is 8.78. The van der Waals surface area contributed by atoms with Crippen LogP contribution in [0.2, 0.25) is 0 Å². The van der Waals surface area contributed by atoms with E-state index in [1.165, 1.54) is 57.8 Å². The van der Waals surface area contributed by atoms with Crippen LogP contribution in [0, 0.1) is 5.92 Å². The molecule has 1 aliphatic carbocycles. The van der Waals surface area contributed by atoms with E-state index in [0.717, 1.165) is 36.6 Å². The van der Waals surface area contributed by atoms with Crippen LogP contribution >= 0.6 is 0 Å². The monoisotopic (exact) mass is 264 g/mol. The summed E-state index contributed by atoms with van der Waals surface area (Å²) in [6.07, 6.45) is 13.1. The third-order valence-corrected chi connectivity index (χ3v) is 5.93. The molecule has 4 atom stereocenters. The molecule has 0 aromatic carbocycles. The Balaban J connectivity index is 1.63. The van der Waals surface area contributed by atoms with Gasteiger partial charge in [-0.1, -0.05) is 26.7 Å². The van der Waals surface area contributed by atoms with E-state index in [9.17, 15) is 0 Å². The van der Waals surface area contributed by atoms with Crippen molar-refractivity contribution in [1.29, 1.82) is 0 Å². The Morgan fingerprint density at radius 1 is 0.895 bits per heavy atom. The molecule has 110 valence electrons. The molecule has 19 heavy (non-hydrogen) atoms. The van der Waals surface area contributed by atoms with E-state index in [2.05, 4.69) is 24.1 Å². The number of hydrogen-bond acceptors (Lipinski definition) is 2. The lowest BCUT2D eigenvalue weighted by Gasteiger charge is -2.44. The van der Waals surface area contributed by atoms with Gasteiger partial charge in [-0.15, -0.1) is 0 Å². The van der Waals surface area contributed by atoms with Crippen LogP contribution in [0.5, 0.6) is 0 Å². The minimum absolute atomic E-state index is 0.809. The quantitative estimate of drug-likeness (QED) is 0.784. The van der Waals surface area contributed by atoms with Crippen molar-refractivity contribution in [3.63, 3.8) is 0 Å². The first-order valence-electron chi connectivity index (χ1n) is 8.78. The molecule has 0 amide bonds. The van der Waals surface area contributed by atoms with Crippen LogP contribution < -0.4 is 5.32 Å². The Hall–Kier alpha value is -0.0800. The standard InChI is InChI=1S/C17H32N2/c1-3-18-14-11-16-9-10-17(12-14)19(16)15-6-4-5-13(2)7-8-15/h13-18H,3-12H2,1-2H3. The van der Waals surface area contributed by atoms with Crippen molar-refractivity contribution in [2.75, 3.05) is 6.54 Å². The molecular weight excluding hydrogens is 232 g/mol. The molecule has 3 rings (SSSR count). The summed E-state index contributed by atoms with van der Waals surface area (Å²) >= 11 is 0. The van der Waals surface area contributed by atoms with E-state index < -0.39 is 0 Å². The molecule has 0 aromatic rings. The lowest BCUT2D eigenvalue weighted by Crippen LogP contribution is -2.52. The van der Waals surface area contributed by atoms with Gasteiger partial charge in [-0.3, -0.25) is 4.90 Å². The predicted molar refractivity (Wildman–Crippen MR) is 81.4 cm³/mol. The van der Waals surface area contributed by atoms with Crippen LogP contribution in [-0.2, 0) is 0 Å². The van der Waals surface area contributed by atoms with Crippen molar-refractivity contribution in [2.24, 2.45) is 5.92 Å². The SMILES string of the molecule is CCNC1CC2CCC(C1)N2C1CCCC(C)CC1. The zero-order chi connectivity index (χ0) is 13.2. The van der Waals surface area contributed by atoms with Crippen LogP contribution in [0.1, 0.15) is 71.6 Å². The smallest absolute Gasteiger partial charge is 0.0116 e. The van der Waals surface area contributed by atoms with Gasteiger partial charge in [0.1, 0.15) is 0 Å². The molecule has 4 unspecified atom stereocenters. The van der Waals surface area contributed by atoms with Gasteiger partial charge in [0.25, 0.3) is 0 Å². The van der Waals surface area contributed by atoms with Crippen molar-refractivity contribution in [1.82, 2.24) is 10.2 Å². The molecule has 0 aromatic heterocycles. The van der Waals surface area contributed by atoms with Crippen molar-refractivity contribution in [3.8, 4) is 0 Å². The maximum absolute atomic E-state index is 3.70. The molecule has 2 heteroatoms. The van der Waals surface area contributed by atoms with E-state index >= 15 is 0 Å². The van der Waals surface area contributed by atoms with E-state index in [4.69, 9.17) is 0 Å². The Morgan fingerprint density at radius 2 is 1.58 bits per heavy atom. The first-order chi connectivity index (χ1) is 9.28. The highest BCUT2D eigenvalue weighted by Crippen LogP contribution is 2.40. The number of rotatable bonds is 3. The fraction of sp³-hybridized carbons (Fsp3) is 1.00. The molecule has 3 fully saturated rings. The van der Waals surface area contributed by atoms with Gasteiger partial charge in [-0.05, 0) is 57.4 Å². The van der Waals surface area contributed by atoms with Gasteiger partial charge in [-0.25, -0.2) is 0 Å². The Bertz CT molecular complexity index is 277. The number of nitrogens with zero attached hydrogens (tertiary/aromatic N) is 1. The molecule has 1 N–H and O–H groups in total. The van der Waals surface area contributed by atoms with Gasteiger partial charge in [0.2, 0.25) is 0 Å². The highest BCUT2D eigenvalue weighted by molar-refractivity contribution is 5.00. The second-order valence-corrected chi connectivity index (χ2v) is 7.33. The Labute approximate surface area is 119 Å². The molecule has 1 saturated carbocycles. The molecule has 2 bridgehead atoms. The van der Waals surface area contributed by atoms with Crippen molar-refractivity contribution in [3.05, 3.63) is 0 Å². The van der Waals surface area contributed by atoms with Gasteiger partial charge in [0, 0.05) is 24.2 Å². The van der Waals surface area contributed by atoms with Crippen LogP contribution in [0.15, 0.2) is 0 Å². The number of nitrogens with one attached hydrogen (secondary N) is 1. The fourth-order valence-corrected chi connectivity index (χ4v) is 5.03. The van der Waals surface area contributed by atoms with Gasteiger partial charge < -0.3 is 5.32 Å². The molecule has 0 radical (unpaired) electrons. The van der Waals surface area contributed by atoms with Crippen LogP contribution in [0.25, 0.3) is 0 Å². The van der Waals surface area contributed by atoms with Crippen molar-refractivity contribution < 1.29 is 0 Å². The normalized spacial score (nSPS) is 44.2. The first kappa shape index (κ1) is 13.9. The van der Waals surface area contributed by atoms with E-state index in [1.807, 2.05) is 0 Å². The third kappa shape index (κ3) is 3.00. The lowest BCUT2D eigenvalue weighted by atomic mass is 9.93. The fourth-order valence-electron chi connectivity index (χ4n) is 5.03. The number of hydrogen-bond donors (Lipinski definition) is 1. The van der Waals surface area contributed by atoms with Gasteiger partial charge in [-0.2, -0.15) is 0 Å². The summed E-state index contributed by atoms with van der Waals surface area (Å²) in [5, 5.41) is 3.70. The maximum Gasteiger partial charge on any atom is 0.0116 e. The molecule has 2 aliphatic heterocycles. The van der Waals surface area contributed by atoms with E-state index in [1.54, 1.807) is 0 Å². The molecule has 0 spiro atoms. The summed E-state index contributed by atoms with van der Waals surface area (Å²) < 4.78 is 0. The number of piperidine rings is 1. The molecular formula is C17H32N2. The molecule has 2 nitrogen and oxygen atoms in total. The maximum atomic E-state index is 3.70. The van der Waals surface area contributed by atoms with Gasteiger partial charge in [0.05, 0.1) is 0 Å². The van der Waals surface area contributed by atoms with E-state index in [0.29, 0.717) is 0 Å². The summed E-state index contributed by atoms with van der Waals surface area (Å²) in [5.41, 5.74) is 0. The van der Waals surface area contributed by atoms with Crippen LogP contribution in [0.3, 0.4) is 0 Å². The van der Waals surface area contributed by atoms with Crippen molar-refractivity contribution >= 4 is 0 Å². The molecule has 2 heterocycles. The minimum Gasteiger partial charge on any atom is -0.314 e. The van der Waals surface area contributed by atoms with Crippen LogP contribution in [0.4, 0.5) is 0 Å². The van der Waals surface area contributed by atoms with Gasteiger partial charge >= 0.3 is 0 Å². The highest BCUT2D eigenvalue weighted by atomic mass is 15.3. The molecule has 2 saturated heterocycles. The summed E-state index contributed by atoms with van der Waals surface area (Å²) in [5.74, 6) is 0.974.